The second kappa shape index (κ2) is 6.67. The summed E-state index contributed by atoms with van der Waals surface area (Å²) in [5.41, 5.74) is 0.712. The number of carbonyl (C=O) groups is 1. The fourth-order valence-corrected chi connectivity index (χ4v) is 4.98. The summed E-state index contributed by atoms with van der Waals surface area (Å²) in [5.74, 6) is 0.541. The minimum atomic E-state index is -2.86. The van der Waals surface area contributed by atoms with Gasteiger partial charge in [-0.15, -0.1) is 0 Å². The summed E-state index contributed by atoms with van der Waals surface area (Å²) in [4.78, 5) is 16.2. The Balaban J connectivity index is 1.50. The second-order valence-corrected chi connectivity index (χ2v) is 8.68. The predicted octanol–water partition coefficient (Wildman–Crippen LogP) is 1.68. The third-order valence-electron chi connectivity index (χ3n) is 4.42. The molecular weight excluding hydrogens is 338 g/mol. The summed E-state index contributed by atoms with van der Waals surface area (Å²) >= 11 is 5.82. The maximum Gasteiger partial charge on any atom is 0.321 e. The lowest BCUT2D eigenvalue weighted by atomic mass is 10.2. The molecule has 3 rings (SSSR count). The van der Waals surface area contributed by atoms with Crippen LogP contribution in [0.1, 0.15) is 6.42 Å². The summed E-state index contributed by atoms with van der Waals surface area (Å²) < 4.78 is 23.1. The number of nitrogens with zero attached hydrogens (tertiary/aromatic N) is 2. The third kappa shape index (κ3) is 4.16. The van der Waals surface area contributed by atoms with Gasteiger partial charge in [0.2, 0.25) is 0 Å². The molecule has 6 nitrogen and oxygen atoms in total. The molecule has 0 spiro atoms. The molecule has 2 saturated heterocycles. The molecule has 2 heterocycles. The first-order chi connectivity index (χ1) is 10.9. The highest BCUT2D eigenvalue weighted by molar-refractivity contribution is 7.91. The van der Waals surface area contributed by atoms with Crippen LogP contribution in [0.15, 0.2) is 24.3 Å². The third-order valence-corrected chi connectivity index (χ3v) is 6.42. The number of nitrogens with one attached hydrogen (secondary N) is 1. The van der Waals surface area contributed by atoms with Crippen molar-refractivity contribution in [2.75, 3.05) is 43.0 Å². The van der Waals surface area contributed by atoms with Crippen molar-refractivity contribution in [2.24, 2.45) is 0 Å². The normalized spacial score (nSPS) is 24.6. The Bertz CT molecular complexity index is 670. The average molecular weight is 358 g/mol. The lowest BCUT2D eigenvalue weighted by Gasteiger charge is -2.37. The Kier molecular flexibility index (Phi) is 4.79. The van der Waals surface area contributed by atoms with Crippen LogP contribution in [0.25, 0.3) is 0 Å². The van der Waals surface area contributed by atoms with Gasteiger partial charge in [-0.3, -0.25) is 4.90 Å². The SMILES string of the molecule is O=C(Nc1ccc(Cl)cc1)N1CCN(C2CCS(=O)(=O)C2)CC1. The van der Waals surface area contributed by atoms with Crippen LogP contribution in [0, 0.1) is 0 Å². The molecule has 2 amide bonds. The average Bonchev–Trinajstić information content (AvgIpc) is 2.90. The van der Waals surface area contributed by atoms with Crippen molar-refractivity contribution in [3.8, 4) is 0 Å². The molecular formula is C15H20ClN3O3S. The van der Waals surface area contributed by atoms with E-state index in [9.17, 15) is 13.2 Å². The maximum atomic E-state index is 12.3. The Morgan fingerprint density at radius 1 is 1.13 bits per heavy atom. The second-order valence-electron chi connectivity index (χ2n) is 6.02. The van der Waals surface area contributed by atoms with Gasteiger partial charge in [0.25, 0.3) is 0 Å². The molecule has 126 valence electrons. The van der Waals surface area contributed by atoms with Crippen LogP contribution in [-0.2, 0) is 9.84 Å². The predicted molar refractivity (Wildman–Crippen MR) is 90.7 cm³/mol. The monoisotopic (exact) mass is 357 g/mol. The Morgan fingerprint density at radius 3 is 2.35 bits per heavy atom. The minimum absolute atomic E-state index is 0.112. The quantitative estimate of drug-likeness (QED) is 0.874. The fraction of sp³-hybridized carbons (Fsp3) is 0.533. The van der Waals surface area contributed by atoms with Gasteiger partial charge in [0.15, 0.2) is 9.84 Å². The number of halogens is 1. The van der Waals surface area contributed by atoms with Crippen LogP contribution in [0.5, 0.6) is 0 Å². The van der Waals surface area contributed by atoms with Gasteiger partial charge in [-0.1, -0.05) is 11.6 Å². The largest absolute Gasteiger partial charge is 0.322 e. The molecule has 0 aromatic heterocycles. The van der Waals surface area contributed by atoms with Crippen LogP contribution in [-0.4, -0.2) is 68.0 Å². The van der Waals surface area contributed by atoms with Crippen molar-refractivity contribution in [1.82, 2.24) is 9.80 Å². The highest BCUT2D eigenvalue weighted by Gasteiger charge is 2.34. The van der Waals surface area contributed by atoms with Gasteiger partial charge in [0, 0.05) is 42.9 Å². The Morgan fingerprint density at radius 2 is 1.78 bits per heavy atom. The molecule has 0 aliphatic carbocycles. The lowest BCUT2D eigenvalue weighted by molar-refractivity contribution is 0.121. The number of carbonyl (C=O) groups excluding carboxylic acids is 1. The number of anilines is 1. The first kappa shape index (κ1) is 16.5. The van der Waals surface area contributed by atoms with Crippen LogP contribution in [0.3, 0.4) is 0 Å². The molecule has 1 unspecified atom stereocenters. The summed E-state index contributed by atoms with van der Waals surface area (Å²) in [7, 11) is -2.86. The van der Waals surface area contributed by atoms with Gasteiger partial charge in [0.05, 0.1) is 11.5 Å². The Labute approximate surface area is 141 Å². The van der Waals surface area contributed by atoms with E-state index in [1.165, 1.54) is 0 Å². The first-order valence-electron chi connectivity index (χ1n) is 7.69. The number of piperazine rings is 1. The van der Waals surface area contributed by atoms with E-state index >= 15 is 0 Å². The van der Waals surface area contributed by atoms with Gasteiger partial charge in [0.1, 0.15) is 0 Å². The number of sulfone groups is 1. The maximum absolute atomic E-state index is 12.3. The molecule has 0 radical (unpaired) electrons. The van der Waals surface area contributed by atoms with Gasteiger partial charge < -0.3 is 10.2 Å². The molecule has 2 fully saturated rings. The van der Waals surface area contributed by atoms with Crippen LogP contribution < -0.4 is 5.32 Å². The number of hydrogen-bond donors (Lipinski definition) is 1. The molecule has 1 aromatic rings. The summed E-state index contributed by atoms with van der Waals surface area (Å²) in [6.45, 7) is 2.65. The van der Waals surface area contributed by atoms with E-state index in [1.54, 1.807) is 29.2 Å². The number of benzene rings is 1. The molecule has 1 aromatic carbocycles. The highest BCUT2D eigenvalue weighted by atomic mass is 35.5. The summed E-state index contributed by atoms with van der Waals surface area (Å²) in [6, 6.07) is 6.97. The van der Waals surface area contributed by atoms with E-state index in [-0.39, 0.29) is 23.6 Å². The van der Waals surface area contributed by atoms with Crippen LogP contribution in [0.4, 0.5) is 10.5 Å². The summed E-state index contributed by atoms with van der Waals surface area (Å²) in [5, 5.41) is 3.48. The molecule has 8 heteroatoms. The van der Waals surface area contributed by atoms with E-state index in [0.717, 1.165) is 0 Å². The number of urea groups is 1. The number of hydrogen-bond acceptors (Lipinski definition) is 4. The number of amides is 2. The zero-order chi connectivity index (χ0) is 16.4. The van der Waals surface area contributed by atoms with Crippen LogP contribution >= 0.6 is 11.6 Å². The Hall–Kier alpha value is -1.31. The molecule has 0 saturated carbocycles. The zero-order valence-corrected chi connectivity index (χ0v) is 14.3. The lowest BCUT2D eigenvalue weighted by Crippen LogP contribution is -2.53. The fourth-order valence-electron chi connectivity index (χ4n) is 3.09. The van der Waals surface area contributed by atoms with Gasteiger partial charge >= 0.3 is 6.03 Å². The topological polar surface area (TPSA) is 69.7 Å². The van der Waals surface area contributed by atoms with Crippen molar-refractivity contribution < 1.29 is 13.2 Å². The van der Waals surface area contributed by atoms with Crippen molar-refractivity contribution in [2.45, 2.75) is 12.5 Å². The smallest absolute Gasteiger partial charge is 0.321 e. The molecule has 1 N–H and O–H groups in total. The minimum Gasteiger partial charge on any atom is -0.322 e. The standard InChI is InChI=1S/C15H20ClN3O3S/c16-12-1-3-13(4-2-12)17-15(20)19-8-6-18(7-9-19)14-5-10-23(21,22)11-14/h1-4,14H,5-11H2,(H,17,20). The van der Waals surface area contributed by atoms with Gasteiger partial charge in [-0.2, -0.15) is 0 Å². The molecule has 2 aliphatic rings. The zero-order valence-electron chi connectivity index (χ0n) is 12.7. The first-order valence-corrected chi connectivity index (χ1v) is 9.89. The summed E-state index contributed by atoms with van der Waals surface area (Å²) in [6.07, 6.45) is 0.708. The van der Waals surface area contributed by atoms with Crippen LogP contribution in [0.2, 0.25) is 5.02 Å². The number of rotatable bonds is 2. The van der Waals surface area contributed by atoms with Crippen molar-refractivity contribution >= 4 is 33.2 Å². The molecule has 23 heavy (non-hydrogen) atoms. The van der Waals surface area contributed by atoms with E-state index in [0.29, 0.717) is 43.3 Å². The van der Waals surface area contributed by atoms with E-state index in [1.807, 2.05) is 0 Å². The molecule has 1 atom stereocenters. The van der Waals surface area contributed by atoms with Crippen molar-refractivity contribution in [1.29, 1.82) is 0 Å². The van der Waals surface area contributed by atoms with Crippen molar-refractivity contribution in [3.63, 3.8) is 0 Å². The highest BCUT2D eigenvalue weighted by Crippen LogP contribution is 2.20. The molecule has 0 bridgehead atoms. The van der Waals surface area contributed by atoms with E-state index < -0.39 is 9.84 Å². The van der Waals surface area contributed by atoms with E-state index in [4.69, 9.17) is 11.6 Å². The van der Waals surface area contributed by atoms with Crippen molar-refractivity contribution in [3.05, 3.63) is 29.3 Å². The van der Waals surface area contributed by atoms with E-state index in [2.05, 4.69) is 10.2 Å². The van der Waals surface area contributed by atoms with Gasteiger partial charge in [-0.25, -0.2) is 13.2 Å². The molecule has 2 aliphatic heterocycles. The van der Waals surface area contributed by atoms with Gasteiger partial charge in [-0.05, 0) is 30.7 Å².